The Morgan fingerprint density at radius 1 is 1.10 bits per heavy atom. The normalized spacial score (nSPS) is 14.8. The van der Waals surface area contributed by atoms with Gasteiger partial charge in [-0.2, -0.15) is 4.68 Å². The fourth-order valence-electron chi connectivity index (χ4n) is 3.38. The maximum atomic E-state index is 12.5. The molecule has 1 aliphatic heterocycles. The first-order chi connectivity index (χ1) is 14.1. The highest BCUT2D eigenvalue weighted by atomic mass is 79.9. The monoisotopic (exact) mass is 455 g/mol. The zero-order valence-electron chi connectivity index (χ0n) is 16.1. The molecule has 8 nitrogen and oxygen atoms in total. The van der Waals surface area contributed by atoms with Gasteiger partial charge in [0.25, 0.3) is 0 Å². The smallest absolute Gasteiger partial charge is 0.250 e. The highest BCUT2D eigenvalue weighted by Crippen LogP contribution is 2.20. The van der Waals surface area contributed by atoms with Gasteiger partial charge >= 0.3 is 0 Å². The number of benzene rings is 2. The molecule has 1 fully saturated rings. The second kappa shape index (κ2) is 8.71. The van der Waals surface area contributed by atoms with E-state index in [2.05, 4.69) is 46.6 Å². The van der Waals surface area contributed by atoms with Gasteiger partial charge in [0, 0.05) is 36.3 Å². The van der Waals surface area contributed by atoms with Gasteiger partial charge in [0.2, 0.25) is 11.9 Å². The van der Waals surface area contributed by atoms with Crippen molar-refractivity contribution in [2.24, 2.45) is 0 Å². The second-order valence-corrected chi connectivity index (χ2v) is 7.91. The number of carbonyl (C=O) groups excluding carboxylic acids is 1. The predicted molar refractivity (Wildman–Crippen MR) is 115 cm³/mol. The summed E-state index contributed by atoms with van der Waals surface area (Å²) in [5.74, 6) is 0.726. The molecule has 0 saturated carbocycles. The highest BCUT2D eigenvalue weighted by molar-refractivity contribution is 9.10. The van der Waals surface area contributed by atoms with Crippen LogP contribution in [0.5, 0.6) is 0 Å². The fourth-order valence-corrected chi connectivity index (χ4v) is 3.86. The van der Waals surface area contributed by atoms with E-state index in [0.29, 0.717) is 6.54 Å². The van der Waals surface area contributed by atoms with Crippen molar-refractivity contribution in [3.8, 4) is 5.69 Å². The van der Waals surface area contributed by atoms with Gasteiger partial charge in [-0.25, -0.2) is 0 Å². The minimum absolute atomic E-state index is 0.00186. The number of para-hydroxylation sites is 1. The summed E-state index contributed by atoms with van der Waals surface area (Å²) in [6.07, 6.45) is 0. The van der Waals surface area contributed by atoms with Gasteiger partial charge in [0.15, 0.2) is 0 Å². The molecule has 0 unspecified atom stereocenters. The van der Waals surface area contributed by atoms with E-state index in [9.17, 15) is 4.79 Å². The Hall–Kier alpha value is -2.78. The van der Waals surface area contributed by atoms with Crippen LogP contribution >= 0.6 is 15.9 Å². The van der Waals surface area contributed by atoms with E-state index in [1.165, 1.54) is 0 Å². The molecule has 1 saturated heterocycles. The van der Waals surface area contributed by atoms with Crippen LogP contribution in [0.4, 0.5) is 11.6 Å². The summed E-state index contributed by atoms with van der Waals surface area (Å²) in [7, 11) is 0. The summed E-state index contributed by atoms with van der Waals surface area (Å²) >= 11 is 3.44. The number of hydrogen-bond donors (Lipinski definition) is 1. The van der Waals surface area contributed by atoms with Crippen molar-refractivity contribution < 1.29 is 4.79 Å². The summed E-state index contributed by atoms with van der Waals surface area (Å²) in [5.41, 5.74) is 2.81. The lowest BCUT2D eigenvalue weighted by Gasteiger charge is -2.34. The molecule has 4 rings (SSSR count). The van der Waals surface area contributed by atoms with Gasteiger partial charge in [0.1, 0.15) is 0 Å². The lowest BCUT2D eigenvalue weighted by Crippen LogP contribution is -2.49. The molecule has 0 spiro atoms. The highest BCUT2D eigenvalue weighted by Gasteiger charge is 2.23. The Bertz CT molecular complexity index is 984. The first-order valence-electron chi connectivity index (χ1n) is 9.47. The Morgan fingerprint density at radius 2 is 1.86 bits per heavy atom. The van der Waals surface area contributed by atoms with Crippen LogP contribution < -0.4 is 10.2 Å². The maximum Gasteiger partial charge on any atom is 0.250 e. The number of anilines is 2. The first-order valence-corrected chi connectivity index (χ1v) is 10.3. The lowest BCUT2D eigenvalue weighted by atomic mass is 10.2. The number of piperazine rings is 1. The van der Waals surface area contributed by atoms with Crippen LogP contribution in [-0.2, 0) is 4.79 Å². The number of nitrogens with zero attached hydrogens (tertiary/aromatic N) is 6. The van der Waals surface area contributed by atoms with E-state index in [1.807, 2.05) is 55.5 Å². The summed E-state index contributed by atoms with van der Waals surface area (Å²) in [6, 6.07) is 15.7. The van der Waals surface area contributed by atoms with Crippen molar-refractivity contribution in [3.05, 3.63) is 58.6 Å². The predicted octanol–water partition coefficient (Wildman–Crippen LogP) is 2.49. The average molecular weight is 456 g/mol. The van der Waals surface area contributed by atoms with Gasteiger partial charge < -0.3 is 10.2 Å². The van der Waals surface area contributed by atoms with Gasteiger partial charge in [-0.1, -0.05) is 39.2 Å². The molecule has 29 heavy (non-hydrogen) atoms. The van der Waals surface area contributed by atoms with Crippen LogP contribution in [0.2, 0.25) is 0 Å². The van der Waals surface area contributed by atoms with Gasteiger partial charge in [0.05, 0.1) is 12.2 Å². The minimum atomic E-state index is -0.00186. The number of amides is 1. The molecular weight excluding hydrogens is 434 g/mol. The van der Waals surface area contributed by atoms with E-state index >= 15 is 0 Å². The van der Waals surface area contributed by atoms with Crippen LogP contribution in [0.1, 0.15) is 5.56 Å². The van der Waals surface area contributed by atoms with Gasteiger partial charge in [-0.05, 0) is 53.2 Å². The zero-order chi connectivity index (χ0) is 20.2. The minimum Gasteiger partial charge on any atom is -0.337 e. The van der Waals surface area contributed by atoms with E-state index in [4.69, 9.17) is 0 Å². The number of carbonyl (C=O) groups is 1. The summed E-state index contributed by atoms with van der Waals surface area (Å²) < 4.78 is 2.75. The van der Waals surface area contributed by atoms with Crippen LogP contribution in [-0.4, -0.2) is 63.7 Å². The molecule has 1 aliphatic rings. The fraction of sp³-hybridized carbons (Fsp3) is 0.300. The second-order valence-electron chi connectivity index (χ2n) is 7.00. The Labute approximate surface area is 177 Å². The molecule has 0 aliphatic carbocycles. The molecule has 9 heteroatoms. The third-order valence-electron chi connectivity index (χ3n) is 4.94. The van der Waals surface area contributed by atoms with Crippen molar-refractivity contribution in [2.45, 2.75) is 6.92 Å². The van der Waals surface area contributed by atoms with E-state index in [0.717, 1.165) is 53.5 Å². The van der Waals surface area contributed by atoms with Crippen molar-refractivity contribution in [1.29, 1.82) is 0 Å². The average Bonchev–Trinajstić information content (AvgIpc) is 3.21. The number of halogens is 1. The van der Waals surface area contributed by atoms with Crippen LogP contribution in [0.25, 0.3) is 5.69 Å². The van der Waals surface area contributed by atoms with Crippen LogP contribution in [0.3, 0.4) is 0 Å². The molecule has 0 bridgehead atoms. The van der Waals surface area contributed by atoms with Gasteiger partial charge in [-0.15, -0.1) is 0 Å². The number of tetrazole rings is 1. The number of hydrogen-bond acceptors (Lipinski definition) is 6. The van der Waals surface area contributed by atoms with Crippen molar-refractivity contribution in [2.75, 3.05) is 42.9 Å². The number of aryl methyl sites for hydroxylation is 1. The first kappa shape index (κ1) is 19.5. The zero-order valence-corrected chi connectivity index (χ0v) is 17.7. The molecule has 2 heterocycles. The van der Waals surface area contributed by atoms with Crippen molar-refractivity contribution >= 4 is 33.5 Å². The Morgan fingerprint density at radius 3 is 2.59 bits per heavy atom. The van der Waals surface area contributed by atoms with Crippen LogP contribution in [0.15, 0.2) is 53.0 Å². The summed E-state index contributed by atoms with van der Waals surface area (Å²) in [6.45, 7) is 5.42. The number of aromatic nitrogens is 4. The molecule has 1 aromatic heterocycles. The number of rotatable bonds is 5. The van der Waals surface area contributed by atoms with Crippen LogP contribution in [0, 0.1) is 6.92 Å². The molecule has 0 atom stereocenters. The third kappa shape index (κ3) is 4.63. The molecule has 1 amide bonds. The number of nitrogens with one attached hydrogen (secondary N) is 1. The summed E-state index contributed by atoms with van der Waals surface area (Å²) in [4.78, 5) is 16.8. The standard InChI is InChI=1S/C20H22BrN7O/c1-15-13-16(21)7-8-18(15)22-19(29)14-26-9-11-27(12-10-26)20-23-24-25-28(20)17-5-3-2-4-6-17/h2-8,13H,9-12,14H2,1H3,(H,22,29). The van der Waals surface area contributed by atoms with Gasteiger partial charge in [-0.3, -0.25) is 9.69 Å². The maximum absolute atomic E-state index is 12.5. The molecule has 1 N–H and O–H groups in total. The van der Waals surface area contributed by atoms with Crippen molar-refractivity contribution in [3.63, 3.8) is 0 Å². The Kier molecular flexibility index (Phi) is 5.86. The van der Waals surface area contributed by atoms with E-state index < -0.39 is 0 Å². The topological polar surface area (TPSA) is 79.2 Å². The largest absolute Gasteiger partial charge is 0.337 e. The molecule has 150 valence electrons. The summed E-state index contributed by atoms with van der Waals surface area (Å²) in [5, 5.41) is 15.2. The quantitative estimate of drug-likeness (QED) is 0.636. The SMILES string of the molecule is Cc1cc(Br)ccc1NC(=O)CN1CCN(c2nnnn2-c2ccccc2)CC1. The van der Waals surface area contributed by atoms with Crippen molar-refractivity contribution in [1.82, 2.24) is 25.1 Å². The third-order valence-corrected chi connectivity index (χ3v) is 5.43. The molecular formula is C20H22BrN7O. The molecule has 3 aromatic rings. The Balaban J connectivity index is 1.33. The van der Waals surface area contributed by atoms with E-state index in [1.54, 1.807) is 4.68 Å². The molecule has 0 radical (unpaired) electrons. The lowest BCUT2D eigenvalue weighted by molar-refractivity contribution is -0.117. The van der Waals surface area contributed by atoms with E-state index in [-0.39, 0.29) is 5.91 Å². The molecule has 2 aromatic carbocycles.